The van der Waals surface area contributed by atoms with Gasteiger partial charge in [0.05, 0.1) is 11.6 Å². The van der Waals surface area contributed by atoms with E-state index in [9.17, 15) is 4.39 Å². The Balaban J connectivity index is 1.76. The summed E-state index contributed by atoms with van der Waals surface area (Å²) in [5.41, 5.74) is 1.84. The normalized spacial score (nSPS) is 10.2. The standard InChI is InChI=1S/C17H18ClFN2OS/c1-2-22-14-6-3-12(4-7-14)9-10-20-17(23)21-13-5-8-16(19)15(18)11-13/h3-8,11H,2,9-10H2,1H3,(H2,20,21,23). The second-order valence-electron chi connectivity index (χ2n) is 4.84. The first-order valence-electron chi connectivity index (χ1n) is 7.30. The fourth-order valence-corrected chi connectivity index (χ4v) is 2.39. The summed E-state index contributed by atoms with van der Waals surface area (Å²) in [6.45, 7) is 3.31. The van der Waals surface area contributed by atoms with Crippen LogP contribution in [0.2, 0.25) is 5.02 Å². The number of nitrogens with one attached hydrogen (secondary N) is 2. The number of rotatable bonds is 6. The van der Waals surface area contributed by atoms with Crippen molar-refractivity contribution in [1.82, 2.24) is 5.32 Å². The van der Waals surface area contributed by atoms with Gasteiger partial charge < -0.3 is 15.4 Å². The lowest BCUT2D eigenvalue weighted by Crippen LogP contribution is -2.30. The molecule has 0 radical (unpaired) electrons. The summed E-state index contributed by atoms with van der Waals surface area (Å²) < 4.78 is 18.5. The van der Waals surface area contributed by atoms with Crippen molar-refractivity contribution < 1.29 is 9.13 Å². The molecule has 0 aliphatic rings. The van der Waals surface area contributed by atoms with E-state index in [1.807, 2.05) is 31.2 Å². The predicted molar refractivity (Wildman–Crippen MR) is 96.9 cm³/mol. The van der Waals surface area contributed by atoms with Gasteiger partial charge in [-0.1, -0.05) is 23.7 Å². The van der Waals surface area contributed by atoms with E-state index in [0.717, 1.165) is 12.2 Å². The third-order valence-electron chi connectivity index (χ3n) is 3.11. The Morgan fingerprint density at radius 2 is 1.96 bits per heavy atom. The van der Waals surface area contributed by atoms with Crippen LogP contribution < -0.4 is 15.4 Å². The average Bonchev–Trinajstić information content (AvgIpc) is 2.53. The lowest BCUT2D eigenvalue weighted by molar-refractivity contribution is 0.340. The van der Waals surface area contributed by atoms with Crippen molar-refractivity contribution in [3.05, 3.63) is 58.9 Å². The Morgan fingerprint density at radius 3 is 2.61 bits per heavy atom. The monoisotopic (exact) mass is 352 g/mol. The molecule has 0 unspecified atom stereocenters. The number of hydrogen-bond donors (Lipinski definition) is 2. The topological polar surface area (TPSA) is 33.3 Å². The number of benzene rings is 2. The zero-order valence-electron chi connectivity index (χ0n) is 12.7. The SMILES string of the molecule is CCOc1ccc(CCNC(=S)Nc2ccc(F)c(Cl)c2)cc1. The van der Waals surface area contributed by atoms with E-state index >= 15 is 0 Å². The summed E-state index contributed by atoms with van der Waals surface area (Å²) in [5, 5.41) is 6.61. The molecule has 122 valence electrons. The van der Waals surface area contributed by atoms with Crippen LogP contribution in [0.25, 0.3) is 0 Å². The lowest BCUT2D eigenvalue weighted by Gasteiger charge is -2.11. The summed E-state index contributed by atoms with van der Waals surface area (Å²) >= 11 is 10.9. The minimum Gasteiger partial charge on any atom is -0.494 e. The number of halogens is 2. The average molecular weight is 353 g/mol. The molecule has 0 spiro atoms. The number of anilines is 1. The van der Waals surface area contributed by atoms with Crippen LogP contribution in [0.15, 0.2) is 42.5 Å². The quantitative estimate of drug-likeness (QED) is 0.755. The Bertz CT molecular complexity index is 664. The maximum Gasteiger partial charge on any atom is 0.170 e. The van der Waals surface area contributed by atoms with Gasteiger partial charge in [0, 0.05) is 12.2 Å². The fraction of sp³-hybridized carbons (Fsp3) is 0.235. The Kier molecular flexibility index (Phi) is 6.62. The van der Waals surface area contributed by atoms with Crippen LogP contribution in [-0.4, -0.2) is 18.3 Å². The van der Waals surface area contributed by atoms with E-state index < -0.39 is 5.82 Å². The van der Waals surface area contributed by atoms with Gasteiger partial charge in [-0.05, 0) is 61.5 Å². The van der Waals surface area contributed by atoms with Crippen molar-refractivity contribution in [2.24, 2.45) is 0 Å². The number of thiocarbonyl (C=S) groups is 1. The molecule has 2 rings (SSSR count). The van der Waals surface area contributed by atoms with E-state index in [1.54, 1.807) is 6.07 Å². The van der Waals surface area contributed by atoms with Crippen molar-refractivity contribution in [2.75, 3.05) is 18.5 Å². The van der Waals surface area contributed by atoms with E-state index in [0.29, 0.717) is 24.0 Å². The van der Waals surface area contributed by atoms with Crippen molar-refractivity contribution in [3.8, 4) is 5.75 Å². The molecule has 0 amide bonds. The molecule has 0 aliphatic heterocycles. The first kappa shape index (κ1) is 17.5. The molecule has 0 heterocycles. The molecule has 0 atom stereocenters. The molecule has 2 aromatic rings. The van der Waals surface area contributed by atoms with Crippen molar-refractivity contribution in [3.63, 3.8) is 0 Å². The second-order valence-corrected chi connectivity index (χ2v) is 5.65. The number of ether oxygens (including phenoxy) is 1. The highest BCUT2D eigenvalue weighted by molar-refractivity contribution is 7.80. The third kappa shape index (κ3) is 5.69. The van der Waals surface area contributed by atoms with Crippen LogP contribution in [-0.2, 0) is 6.42 Å². The molecular weight excluding hydrogens is 335 g/mol. The molecule has 2 aromatic carbocycles. The summed E-state index contributed by atoms with van der Waals surface area (Å²) in [6.07, 6.45) is 0.832. The molecule has 0 aromatic heterocycles. The van der Waals surface area contributed by atoms with Crippen LogP contribution in [0.1, 0.15) is 12.5 Å². The van der Waals surface area contributed by atoms with Gasteiger partial charge >= 0.3 is 0 Å². The molecule has 23 heavy (non-hydrogen) atoms. The summed E-state index contributed by atoms with van der Waals surface area (Å²) in [5.74, 6) is 0.418. The van der Waals surface area contributed by atoms with E-state index in [1.165, 1.54) is 17.7 Å². The molecule has 6 heteroatoms. The molecule has 0 saturated carbocycles. The van der Waals surface area contributed by atoms with Crippen LogP contribution in [0, 0.1) is 5.82 Å². The summed E-state index contributed by atoms with van der Waals surface area (Å²) in [6, 6.07) is 12.4. The highest BCUT2D eigenvalue weighted by Gasteiger charge is 2.03. The van der Waals surface area contributed by atoms with Gasteiger partial charge in [-0.3, -0.25) is 0 Å². The molecule has 0 saturated heterocycles. The molecule has 2 N–H and O–H groups in total. The first-order valence-corrected chi connectivity index (χ1v) is 8.08. The predicted octanol–water partition coefficient (Wildman–Crippen LogP) is 4.41. The summed E-state index contributed by atoms with van der Waals surface area (Å²) in [7, 11) is 0. The van der Waals surface area contributed by atoms with Gasteiger partial charge in [-0.2, -0.15) is 0 Å². The fourth-order valence-electron chi connectivity index (χ4n) is 1.99. The highest BCUT2D eigenvalue weighted by Crippen LogP contribution is 2.19. The molecule has 0 aliphatic carbocycles. The molecule has 0 fully saturated rings. The minimum absolute atomic E-state index is 0.0622. The van der Waals surface area contributed by atoms with Crippen molar-refractivity contribution in [2.45, 2.75) is 13.3 Å². The van der Waals surface area contributed by atoms with Crippen LogP contribution in [0.3, 0.4) is 0 Å². The van der Waals surface area contributed by atoms with Gasteiger partial charge in [-0.15, -0.1) is 0 Å². The Labute approximate surface area is 145 Å². The Morgan fingerprint density at radius 1 is 1.22 bits per heavy atom. The van der Waals surface area contributed by atoms with E-state index in [-0.39, 0.29) is 5.02 Å². The van der Waals surface area contributed by atoms with Gasteiger partial charge in [0.1, 0.15) is 11.6 Å². The highest BCUT2D eigenvalue weighted by atomic mass is 35.5. The minimum atomic E-state index is -0.452. The van der Waals surface area contributed by atoms with Gasteiger partial charge in [0.15, 0.2) is 5.11 Å². The number of hydrogen-bond acceptors (Lipinski definition) is 2. The van der Waals surface area contributed by atoms with E-state index in [2.05, 4.69) is 10.6 Å². The first-order chi connectivity index (χ1) is 11.1. The third-order valence-corrected chi connectivity index (χ3v) is 3.65. The molecule has 3 nitrogen and oxygen atoms in total. The largest absolute Gasteiger partial charge is 0.494 e. The van der Waals surface area contributed by atoms with Crippen molar-refractivity contribution in [1.29, 1.82) is 0 Å². The molecule has 0 bridgehead atoms. The Hall–Kier alpha value is -1.85. The van der Waals surface area contributed by atoms with Crippen molar-refractivity contribution >= 4 is 34.6 Å². The second kappa shape index (κ2) is 8.70. The van der Waals surface area contributed by atoms with Gasteiger partial charge in [0.2, 0.25) is 0 Å². The zero-order valence-corrected chi connectivity index (χ0v) is 14.3. The summed E-state index contributed by atoms with van der Waals surface area (Å²) in [4.78, 5) is 0. The lowest BCUT2D eigenvalue weighted by atomic mass is 10.1. The molecular formula is C17H18ClFN2OS. The van der Waals surface area contributed by atoms with Gasteiger partial charge in [0.25, 0.3) is 0 Å². The van der Waals surface area contributed by atoms with Crippen LogP contribution in [0.4, 0.5) is 10.1 Å². The zero-order chi connectivity index (χ0) is 16.7. The van der Waals surface area contributed by atoms with Crippen LogP contribution in [0.5, 0.6) is 5.75 Å². The maximum absolute atomic E-state index is 13.1. The van der Waals surface area contributed by atoms with E-state index in [4.69, 9.17) is 28.6 Å². The smallest absolute Gasteiger partial charge is 0.170 e. The van der Waals surface area contributed by atoms with Crippen LogP contribution >= 0.6 is 23.8 Å². The van der Waals surface area contributed by atoms with Gasteiger partial charge in [-0.25, -0.2) is 4.39 Å². The maximum atomic E-state index is 13.1.